The molecule has 4 rings (SSSR count). The third kappa shape index (κ3) is 3.84. The van der Waals surface area contributed by atoms with Crippen molar-refractivity contribution in [2.45, 2.75) is 25.8 Å². The molecular formula is C21H22FN3O2. The van der Waals surface area contributed by atoms with Gasteiger partial charge in [-0.05, 0) is 42.2 Å². The molecule has 6 heteroatoms. The standard InChI is InChI=1S/C21H22FN3O2/c22-17-5-3-15(4-6-17)10-19(26)25-9-7-21(14-25)11-18(21)20(27)24-13-16-2-1-8-23-12-16/h1-6,8,12,18H,7,9-11,13-14H2,(H,24,27)/t18-,21+/m0/s1. The van der Waals surface area contributed by atoms with Crippen molar-refractivity contribution in [1.82, 2.24) is 15.2 Å². The number of benzene rings is 1. The molecule has 0 radical (unpaired) electrons. The smallest absolute Gasteiger partial charge is 0.227 e. The van der Waals surface area contributed by atoms with Crippen molar-refractivity contribution in [2.75, 3.05) is 13.1 Å². The molecule has 1 aromatic carbocycles. The molecule has 1 saturated carbocycles. The second-order valence-electron chi connectivity index (χ2n) is 7.57. The largest absolute Gasteiger partial charge is 0.352 e. The van der Waals surface area contributed by atoms with Crippen LogP contribution in [0.4, 0.5) is 4.39 Å². The highest BCUT2D eigenvalue weighted by Crippen LogP contribution is 2.58. The molecule has 0 bridgehead atoms. The van der Waals surface area contributed by atoms with Crippen LogP contribution in [0.15, 0.2) is 48.8 Å². The first-order valence-electron chi connectivity index (χ1n) is 9.25. The lowest BCUT2D eigenvalue weighted by Crippen LogP contribution is -2.32. The summed E-state index contributed by atoms with van der Waals surface area (Å²) in [5, 5.41) is 2.98. The molecule has 0 unspecified atom stereocenters. The van der Waals surface area contributed by atoms with Gasteiger partial charge in [-0.25, -0.2) is 4.39 Å². The highest BCUT2D eigenvalue weighted by atomic mass is 19.1. The Morgan fingerprint density at radius 2 is 2.04 bits per heavy atom. The topological polar surface area (TPSA) is 62.3 Å². The van der Waals surface area contributed by atoms with Gasteiger partial charge in [0.2, 0.25) is 11.8 Å². The maximum Gasteiger partial charge on any atom is 0.227 e. The number of carbonyl (C=O) groups excluding carboxylic acids is 2. The van der Waals surface area contributed by atoms with E-state index in [2.05, 4.69) is 10.3 Å². The number of hydrogen-bond acceptors (Lipinski definition) is 3. The summed E-state index contributed by atoms with van der Waals surface area (Å²) in [6.07, 6.45) is 5.43. The van der Waals surface area contributed by atoms with E-state index in [9.17, 15) is 14.0 Å². The number of aromatic nitrogens is 1. The number of carbonyl (C=O) groups is 2. The molecule has 140 valence electrons. The van der Waals surface area contributed by atoms with Crippen molar-refractivity contribution in [3.05, 3.63) is 65.7 Å². The minimum atomic E-state index is -0.301. The molecule has 1 aliphatic carbocycles. The zero-order valence-electron chi connectivity index (χ0n) is 15.0. The quantitative estimate of drug-likeness (QED) is 0.882. The number of amides is 2. The van der Waals surface area contributed by atoms with E-state index >= 15 is 0 Å². The summed E-state index contributed by atoms with van der Waals surface area (Å²) in [7, 11) is 0. The van der Waals surface area contributed by atoms with Crippen molar-refractivity contribution in [2.24, 2.45) is 11.3 Å². The van der Waals surface area contributed by atoms with Crippen LogP contribution in [0.25, 0.3) is 0 Å². The number of pyridine rings is 1. The molecule has 1 N–H and O–H groups in total. The second-order valence-corrected chi connectivity index (χ2v) is 7.57. The van der Waals surface area contributed by atoms with Crippen LogP contribution in [0, 0.1) is 17.2 Å². The van der Waals surface area contributed by atoms with Gasteiger partial charge in [0.15, 0.2) is 0 Å². The number of halogens is 1. The van der Waals surface area contributed by atoms with Crippen molar-refractivity contribution >= 4 is 11.8 Å². The molecule has 27 heavy (non-hydrogen) atoms. The molecule has 2 aliphatic rings. The number of nitrogens with zero attached hydrogens (tertiary/aromatic N) is 2. The molecule has 1 aromatic heterocycles. The summed E-state index contributed by atoms with van der Waals surface area (Å²) in [6.45, 7) is 1.80. The maximum absolute atomic E-state index is 13.0. The van der Waals surface area contributed by atoms with E-state index in [0.717, 1.165) is 24.0 Å². The minimum Gasteiger partial charge on any atom is -0.352 e. The minimum absolute atomic E-state index is 0.0159. The molecular weight excluding hydrogens is 345 g/mol. The van der Waals surface area contributed by atoms with E-state index in [1.807, 2.05) is 17.0 Å². The summed E-state index contributed by atoms with van der Waals surface area (Å²) >= 11 is 0. The summed E-state index contributed by atoms with van der Waals surface area (Å²) in [5.74, 6) is -0.214. The first-order valence-corrected chi connectivity index (χ1v) is 9.25. The Labute approximate surface area is 157 Å². The second kappa shape index (κ2) is 7.10. The van der Waals surface area contributed by atoms with Gasteiger partial charge in [-0.3, -0.25) is 14.6 Å². The average molecular weight is 367 g/mol. The van der Waals surface area contributed by atoms with Crippen molar-refractivity contribution in [3.8, 4) is 0 Å². The molecule has 2 aromatic rings. The Balaban J connectivity index is 1.28. The van der Waals surface area contributed by atoms with Crippen molar-refractivity contribution < 1.29 is 14.0 Å². The molecule has 5 nitrogen and oxygen atoms in total. The van der Waals surface area contributed by atoms with Crippen LogP contribution in [0.3, 0.4) is 0 Å². The normalized spacial score (nSPS) is 23.4. The van der Waals surface area contributed by atoms with Crippen LogP contribution >= 0.6 is 0 Å². The van der Waals surface area contributed by atoms with E-state index in [4.69, 9.17) is 0 Å². The summed E-state index contributed by atoms with van der Waals surface area (Å²) in [6, 6.07) is 9.81. The van der Waals surface area contributed by atoms with Crippen LogP contribution in [0.1, 0.15) is 24.0 Å². The Kier molecular flexibility index (Phi) is 4.64. The SMILES string of the molecule is O=C(NCc1cccnc1)[C@@H]1C[C@@]12CCN(C(=O)Cc1ccc(F)cc1)C2. The zero-order valence-corrected chi connectivity index (χ0v) is 15.0. The Morgan fingerprint density at radius 3 is 2.78 bits per heavy atom. The fourth-order valence-electron chi connectivity index (χ4n) is 3.98. The summed E-state index contributed by atoms with van der Waals surface area (Å²) in [5.41, 5.74) is 1.73. The highest BCUT2D eigenvalue weighted by molar-refractivity contribution is 5.84. The van der Waals surface area contributed by atoms with Gasteiger partial charge < -0.3 is 10.2 Å². The third-order valence-corrected chi connectivity index (χ3v) is 5.70. The van der Waals surface area contributed by atoms with E-state index in [1.165, 1.54) is 12.1 Å². The highest BCUT2D eigenvalue weighted by Gasteiger charge is 2.61. The molecule has 1 spiro atoms. The predicted octanol–water partition coefficient (Wildman–Crippen LogP) is 2.32. The van der Waals surface area contributed by atoms with Gasteiger partial charge in [-0.1, -0.05) is 18.2 Å². The number of likely N-dealkylation sites (tertiary alicyclic amines) is 1. The van der Waals surface area contributed by atoms with Crippen LogP contribution < -0.4 is 5.32 Å². The first-order chi connectivity index (χ1) is 13.1. The van der Waals surface area contributed by atoms with Crippen molar-refractivity contribution in [3.63, 3.8) is 0 Å². The Bertz CT molecular complexity index is 840. The molecule has 1 saturated heterocycles. The first kappa shape index (κ1) is 17.6. The van der Waals surface area contributed by atoms with Gasteiger partial charge in [0.1, 0.15) is 5.82 Å². The van der Waals surface area contributed by atoms with Crippen LogP contribution in [-0.2, 0) is 22.6 Å². The molecule has 2 amide bonds. The molecule has 2 atom stereocenters. The Hall–Kier alpha value is -2.76. The molecule has 1 aliphatic heterocycles. The number of hydrogen-bond donors (Lipinski definition) is 1. The third-order valence-electron chi connectivity index (χ3n) is 5.70. The van der Waals surface area contributed by atoms with E-state index in [0.29, 0.717) is 19.6 Å². The van der Waals surface area contributed by atoms with Crippen LogP contribution in [0.5, 0.6) is 0 Å². The van der Waals surface area contributed by atoms with E-state index in [-0.39, 0.29) is 35.4 Å². The fraction of sp³-hybridized carbons (Fsp3) is 0.381. The van der Waals surface area contributed by atoms with Gasteiger partial charge in [0.25, 0.3) is 0 Å². The lowest BCUT2D eigenvalue weighted by molar-refractivity contribution is -0.130. The van der Waals surface area contributed by atoms with E-state index in [1.54, 1.807) is 24.5 Å². The van der Waals surface area contributed by atoms with Gasteiger partial charge in [0.05, 0.1) is 6.42 Å². The van der Waals surface area contributed by atoms with Gasteiger partial charge >= 0.3 is 0 Å². The van der Waals surface area contributed by atoms with Gasteiger partial charge in [0, 0.05) is 43.4 Å². The lowest BCUT2D eigenvalue weighted by atomic mass is 10.0. The fourth-order valence-corrected chi connectivity index (χ4v) is 3.98. The average Bonchev–Trinajstić information content (AvgIpc) is 3.22. The Morgan fingerprint density at radius 1 is 1.22 bits per heavy atom. The monoisotopic (exact) mass is 367 g/mol. The van der Waals surface area contributed by atoms with Crippen molar-refractivity contribution in [1.29, 1.82) is 0 Å². The molecule has 2 heterocycles. The number of nitrogens with one attached hydrogen (secondary N) is 1. The van der Waals surface area contributed by atoms with Gasteiger partial charge in [-0.2, -0.15) is 0 Å². The lowest BCUT2D eigenvalue weighted by Gasteiger charge is -2.17. The van der Waals surface area contributed by atoms with Crippen LogP contribution in [-0.4, -0.2) is 34.8 Å². The zero-order chi connectivity index (χ0) is 18.9. The summed E-state index contributed by atoms with van der Waals surface area (Å²) < 4.78 is 13.0. The summed E-state index contributed by atoms with van der Waals surface area (Å²) in [4.78, 5) is 30.9. The van der Waals surface area contributed by atoms with Crippen LogP contribution in [0.2, 0.25) is 0 Å². The van der Waals surface area contributed by atoms with E-state index < -0.39 is 0 Å². The number of rotatable bonds is 5. The van der Waals surface area contributed by atoms with Gasteiger partial charge in [-0.15, -0.1) is 0 Å². The molecule has 2 fully saturated rings. The predicted molar refractivity (Wildman–Crippen MR) is 97.9 cm³/mol. The maximum atomic E-state index is 13.0.